The van der Waals surface area contributed by atoms with Gasteiger partial charge in [-0.1, -0.05) is 12.1 Å². The van der Waals surface area contributed by atoms with Crippen molar-refractivity contribution in [2.75, 3.05) is 10.6 Å². The summed E-state index contributed by atoms with van der Waals surface area (Å²) in [7, 11) is 0. The summed E-state index contributed by atoms with van der Waals surface area (Å²) in [6.07, 6.45) is 1.44. The number of hydrogen-bond acceptors (Lipinski definition) is 5. The van der Waals surface area contributed by atoms with Crippen LogP contribution in [0.2, 0.25) is 0 Å². The van der Waals surface area contributed by atoms with E-state index in [2.05, 4.69) is 16.0 Å². The quantitative estimate of drug-likeness (QED) is 0.508. The van der Waals surface area contributed by atoms with Crippen molar-refractivity contribution in [2.45, 2.75) is 20.0 Å². The first-order valence-electron chi connectivity index (χ1n) is 9.24. The van der Waals surface area contributed by atoms with Crippen LogP contribution in [-0.2, 0) is 0 Å². The van der Waals surface area contributed by atoms with E-state index in [1.165, 1.54) is 6.26 Å². The lowest BCUT2D eigenvalue weighted by molar-refractivity contribution is 0.0974. The van der Waals surface area contributed by atoms with Crippen LogP contribution < -0.4 is 20.7 Å². The molecule has 3 rings (SSSR count). The van der Waals surface area contributed by atoms with E-state index in [0.717, 1.165) is 0 Å². The predicted molar refractivity (Wildman–Crippen MR) is 119 cm³/mol. The van der Waals surface area contributed by atoms with E-state index in [1.54, 1.807) is 60.7 Å². The molecule has 3 aromatic rings. The maximum Gasteiger partial charge on any atom is 0.291 e. The minimum absolute atomic E-state index is 0.00612. The molecule has 0 saturated carbocycles. The molecule has 1 heterocycles. The Hall–Kier alpha value is -3.65. The first-order chi connectivity index (χ1) is 14.4. The molecule has 0 aliphatic rings. The Labute approximate surface area is 179 Å². The highest BCUT2D eigenvalue weighted by atomic mass is 32.1. The van der Waals surface area contributed by atoms with Gasteiger partial charge in [-0.15, -0.1) is 0 Å². The fourth-order valence-electron chi connectivity index (χ4n) is 2.60. The van der Waals surface area contributed by atoms with Gasteiger partial charge in [-0.25, -0.2) is 0 Å². The summed E-state index contributed by atoms with van der Waals surface area (Å²) in [5, 5.41) is 8.42. The van der Waals surface area contributed by atoms with Crippen molar-refractivity contribution in [3.05, 3.63) is 78.3 Å². The number of rotatable bonds is 6. The molecule has 0 unspecified atom stereocenters. The lowest BCUT2D eigenvalue weighted by atomic mass is 10.2. The zero-order valence-corrected chi connectivity index (χ0v) is 17.3. The van der Waals surface area contributed by atoms with Crippen molar-refractivity contribution < 1.29 is 18.7 Å². The van der Waals surface area contributed by atoms with Crippen molar-refractivity contribution in [1.82, 2.24) is 5.32 Å². The number of carbonyl (C=O) groups excluding carboxylic acids is 2. The number of amides is 2. The third-order valence-corrected chi connectivity index (χ3v) is 4.02. The lowest BCUT2D eigenvalue weighted by Crippen LogP contribution is -2.34. The Morgan fingerprint density at radius 3 is 2.37 bits per heavy atom. The molecule has 0 radical (unpaired) electrons. The van der Waals surface area contributed by atoms with Gasteiger partial charge in [0.1, 0.15) is 5.75 Å². The molecular formula is C22H21N3O4S. The average Bonchev–Trinajstić information content (AvgIpc) is 3.23. The summed E-state index contributed by atoms with van der Waals surface area (Å²) in [5.74, 6) is 0.0943. The Bertz CT molecular complexity index is 1050. The highest BCUT2D eigenvalue weighted by molar-refractivity contribution is 7.80. The Morgan fingerprint density at radius 2 is 1.67 bits per heavy atom. The average molecular weight is 423 g/mol. The lowest BCUT2D eigenvalue weighted by Gasteiger charge is -2.13. The van der Waals surface area contributed by atoms with Gasteiger partial charge in [-0.05, 0) is 74.6 Å². The minimum Gasteiger partial charge on any atom is -0.491 e. The van der Waals surface area contributed by atoms with Crippen LogP contribution in [0, 0.1) is 0 Å². The summed E-state index contributed by atoms with van der Waals surface area (Å²) in [5.41, 5.74) is 1.58. The highest BCUT2D eigenvalue weighted by Crippen LogP contribution is 2.17. The molecule has 8 heteroatoms. The van der Waals surface area contributed by atoms with Crippen LogP contribution in [-0.4, -0.2) is 23.0 Å². The first-order valence-corrected chi connectivity index (χ1v) is 9.65. The largest absolute Gasteiger partial charge is 0.491 e. The molecule has 0 aliphatic carbocycles. The van der Waals surface area contributed by atoms with Crippen LogP contribution in [0.4, 0.5) is 11.4 Å². The standard InChI is InChI=1S/C22H21N3O4S/c1-14(2)29-18-9-3-6-15(12-18)20(26)25-22(30)24-17-8-4-7-16(13-17)23-21(27)19-10-5-11-28-19/h3-14H,1-2H3,(H,23,27)(H2,24,25,26,30). The monoisotopic (exact) mass is 423 g/mol. The predicted octanol–water partition coefficient (Wildman–Crippen LogP) is 4.45. The maximum atomic E-state index is 12.5. The summed E-state index contributed by atoms with van der Waals surface area (Å²) in [6.45, 7) is 3.83. The molecule has 0 saturated heterocycles. The second-order valence-corrected chi connectivity index (χ2v) is 7.02. The molecule has 154 valence electrons. The van der Waals surface area contributed by atoms with Crippen LogP contribution in [0.3, 0.4) is 0 Å². The van der Waals surface area contributed by atoms with Gasteiger partial charge in [0, 0.05) is 16.9 Å². The second kappa shape index (κ2) is 9.71. The van der Waals surface area contributed by atoms with Crippen molar-refractivity contribution in [2.24, 2.45) is 0 Å². The first kappa shape index (κ1) is 21.1. The summed E-state index contributed by atoms with van der Waals surface area (Å²) in [4.78, 5) is 24.6. The molecule has 7 nitrogen and oxygen atoms in total. The van der Waals surface area contributed by atoms with Crippen molar-refractivity contribution in [3.8, 4) is 5.75 Å². The topological polar surface area (TPSA) is 92.6 Å². The van der Waals surface area contributed by atoms with Crippen LogP contribution >= 0.6 is 12.2 Å². The third-order valence-electron chi connectivity index (χ3n) is 3.82. The summed E-state index contributed by atoms with van der Waals surface area (Å²) < 4.78 is 10.7. The van der Waals surface area contributed by atoms with Crippen LogP contribution in [0.5, 0.6) is 5.75 Å². The number of benzene rings is 2. The molecule has 1 aromatic heterocycles. The van der Waals surface area contributed by atoms with E-state index in [-0.39, 0.29) is 28.8 Å². The third kappa shape index (κ3) is 5.92. The van der Waals surface area contributed by atoms with Gasteiger partial charge in [0.15, 0.2) is 10.9 Å². The molecule has 0 fully saturated rings. The van der Waals surface area contributed by atoms with Gasteiger partial charge in [0.2, 0.25) is 0 Å². The zero-order chi connectivity index (χ0) is 21.5. The number of anilines is 2. The fraction of sp³-hybridized carbons (Fsp3) is 0.136. The van der Waals surface area contributed by atoms with E-state index < -0.39 is 0 Å². The molecule has 0 spiro atoms. The van der Waals surface area contributed by atoms with E-state index in [0.29, 0.717) is 22.7 Å². The molecule has 2 aromatic carbocycles. The summed E-state index contributed by atoms with van der Waals surface area (Å²) >= 11 is 5.23. The van der Waals surface area contributed by atoms with Gasteiger partial charge >= 0.3 is 0 Å². The molecular weight excluding hydrogens is 402 g/mol. The Morgan fingerprint density at radius 1 is 0.933 bits per heavy atom. The number of hydrogen-bond donors (Lipinski definition) is 3. The van der Waals surface area contributed by atoms with Crippen molar-refractivity contribution in [1.29, 1.82) is 0 Å². The van der Waals surface area contributed by atoms with Gasteiger partial charge in [-0.2, -0.15) is 0 Å². The molecule has 0 aliphatic heterocycles. The molecule has 0 atom stereocenters. The van der Waals surface area contributed by atoms with Gasteiger partial charge in [0.25, 0.3) is 11.8 Å². The molecule has 30 heavy (non-hydrogen) atoms. The van der Waals surface area contributed by atoms with Crippen molar-refractivity contribution >= 4 is 40.5 Å². The molecule has 2 amide bonds. The fourth-order valence-corrected chi connectivity index (χ4v) is 2.81. The highest BCUT2D eigenvalue weighted by Gasteiger charge is 2.11. The Kier molecular flexibility index (Phi) is 6.82. The van der Waals surface area contributed by atoms with Crippen LogP contribution in [0.15, 0.2) is 71.3 Å². The number of furan rings is 1. The minimum atomic E-state index is -0.364. The van der Waals surface area contributed by atoms with Gasteiger partial charge in [-0.3, -0.25) is 14.9 Å². The number of thiocarbonyl (C=S) groups is 1. The zero-order valence-electron chi connectivity index (χ0n) is 16.5. The van der Waals surface area contributed by atoms with Crippen molar-refractivity contribution in [3.63, 3.8) is 0 Å². The second-order valence-electron chi connectivity index (χ2n) is 6.61. The van der Waals surface area contributed by atoms with E-state index in [4.69, 9.17) is 21.4 Å². The van der Waals surface area contributed by atoms with E-state index in [9.17, 15) is 9.59 Å². The normalized spacial score (nSPS) is 10.4. The molecule has 3 N–H and O–H groups in total. The van der Waals surface area contributed by atoms with Gasteiger partial charge in [0.05, 0.1) is 12.4 Å². The Balaban J connectivity index is 1.59. The number of ether oxygens (including phenoxy) is 1. The molecule has 0 bridgehead atoms. The van der Waals surface area contributed by atoms with E-state index in [1.807, 2.05) is 13.8 Å². The SMILES string of the molecule is CC(C)Oc1cccc(C(=O)NC(=S)Nc2cccc(NC(=O)c3ccco3)c2)c1. The number of carbonyl (C=O) groups is 2. The summed E-state index contributed by atoms with van der Waals surface area (Å²) in [6, 6.07) is 17.0. The van der Waals surface area contributed by atoms with Crippen LogP contribution in [0.1, 0.15) is 34.8 Å². The van der Waals surface area contributed by atoms with Crippen LogP contribution in [0.25, 0.3) is 0 Å². The van der Waals surface area contributed by atoms with Gasteiger partial charge < -0.3 is 19.8 Å². The van der Waals surface area contributed by atoms with E-state index >= 15 is 0 Å². The maximum absolute atomic E-state index is 12.5. The number of nitrogens with one attached hydrogen (secondary N) is 3. The smallest absolute Gasteiger partial charge is 0.291 e.